The van der Waals surface area contributed by atoms with Crippen LogP contribution in [0.3, 0.4) is 0 Å². The number of aromatic nitrogens is 1. The summed E-state index contributed by atoms with van der Waals surface area (Å²) in [5.41, 5.74) is 1.51. The molecule has 0 aliphatic carbocycles. The zero-order valence-electron chi connectivity index (χ0n) is 8.57. The van der Waals surface area contributed by atoms with Gasteiger partial charge < -0.3 is 5.31 Å². The molecule has 1 aliphatic heterocycles. The van der Waals surface area contributed by atoms with Gasteiger partial charge >= 0.3 is 0 Å². The second-order valence-electron chi connectivity index (χ2n) is 2.45. The van der Waals surface area contributed by atoms with Gasteiger partial charge in [0.15, 0.2) is 1.41 Å². The Morgan fingerprint density at radius 3 is 3.33 bits per heavy atom. The predicted molar refractivity (Wildman–Crippen MR) is 49.4 cm³/mol. The van der Waals surface area contributed by atoms with E-state index in [0.717, 1.165) is 11.4 Å². The van der Waals surface area contributed by atoms with Crippen molar-refractivity contribution >= 4 is 5.70 Å². The summed E-state index contributed by atoms with van der Waals surface area (Å²) in [5, 5.41) is 1.28. The van der Waals surface area contributed by atoms with E-state index in [1.54, 1.807) is 18.3 Å². The number of rotatable bonds is 1. The molecule has 0 saturated heterocycles. The van der Waals surface area contributed by atoms with Gasteiger partial charge in [-0.1, -0.05) is 18.2 Å². The molecule has 0 fully saturated rings. The Balaban J connectivity index is 2.35. The summed E-state index contributed by atoms with van der Waals surface area (Å²) in [4.78, 5) is 4.16. The quantitative estimate of drug-likeness (QED) is 0.674. The molecular formula is C10H10N2. The zero-order chi connectivity index (χ0) is 9.97. The molecule has 0 saturated carbocycles. The van der Waals surface area contributed by atoms with Gasteiger partial charge in [0, 0.05) is 12.7 Å². The van der Waals surface area contributed by atoms with Crippen LogP contribution in [0.5, 0.6) is 0 Å². The molecule has 12 heavy (non-hydrogen) atoms. The highest BCUT2D eigenvalue weighted by atomic mass is 14.9. The summed E-state index contributed by atoms with van der Waals surface area (Å²) in [6, 6.07) is 6.03. The van der Waals surface area contributed by atoms with Gasteiger partial charge in [0.25, 0.3) is 0 Å². The Kier molecular flexibility index (Phi) is 1.38. The fourth-order valence-electron chi connectivity index (χ4n) is 1.05. The van der Waals surface area contributed by atoms with Crippen molar-refractivity contribution in [3.05, 3.63) is 48.3 Å². The molecular weight excluding hydrogens is 148 g/mol. The highest BCUT2D eigenvalue weighted by Gasteiger charge is 2.00. The van der Waals surface area contributed by atoms with E-state index in [-0.39, 0.29) is 0 Å². The van der Waals surface area contributed by atoms with Crippen molar-refractivity contribution in [2.75, 3.05) is 6.54 Å². The number of hydrogen-bond donors (Lipinski definition) is 1. The molecule has 0 spiro atoms. The molecule has 2 nitrogen and oxygen atoms in total. The van der Waals surface area contributed by atoms with Crippen LogP contribution in [0.15, 0.2) is 42.6 Å². The minimum atomic E-state index is 0.322. The van der Waals surface area contributed by atoms with E-state index in [0.29, 0.717) is 12.6 Å². The lowest BCUT2D eigenvalue weighted by molar-refractivity contribution is 0.981. The van der Waals surface area contributed by atoms with Crippen molar-refractivity contribution in [1.82, 2.24) is 10.3 Å². The number of hydrogen-bond acceptors (Lipinski definition) is 2. The Morgan fingerprint density at radius 1 is 1.58 bits per heavy atom. The van der Waals surface area contributed by atoms with Crippen LogP contribution >= 0.6 is 0 Å². The van der Waals surface area contributed by atoms with Gasteiger partial charge in [-0.2, -0.15) is 0 Å². The second kappa shape index (κ2) is 3.22. The van der Waals surface area contributed by atoms with Crippen molar-refractivity contribution in [3.8, 4) is 0 Å². The molecule has 1 aromatic rings. The monoisotopic (exact) mass is 160 g/mol. The van der Waals surface area contributed by atoms with E-state index in [1.165, 1.54) is 5.31 Å². The van der Waals surface area contributed by atoms with Crippen LogP contribution < -0.4 is 5.31 Å². The van der Waals surface area contributed by atoms with Gasteiger partial charge in [-0.05, 0) is 18.2 Å². The fourth-order valence-corrected chi connectivity index (χ4v) is 1.05. The summed E-state index contributed by atoms with van der Waals surface area (Å²) in [6.07, 6.45) is 5.15. The number of allylic oxidation sites excluding steroid dienone is 2. The Morgan fingerprint density at radius 2 is 2.58 bits per heavy atom. The molecule has 0 bridgehead atoms. The second-order valence-corrected chi connectivity index (χ2v) is 2.45. The van der Waals surface area contributed by atoms with Crippen molar-refractivity contribution in [3.63, 3.8) is 0 Å². The molecule has 1 aromatic heterocycles. The molecule has 0 unspecified atom stereocenters. The molecule has 0 radical (unpaired) electrons. The van der Waals surface area contributed by atoms with Gasteiger partial charge in [0.1, 0.15) is 0 Å². The molecule has 2 heteroatoms. The van der Waals surface area contributed by atoms with Crippen molar-refractivity contribution in [1.29, 1.82) is 0 Å². The minimum Gasteiger partial charge on any atom is -0.380 e. The first kappa shape index (κ1) is 5.14. The van der Waals surface area contributed by atoms with Crippen LogP contribution in [0.4, 0.5) is 0 Å². The Labute approximate surface area is 74.5 Å². The molecule has 1 N–H and O–H groups in total. The third kappa shape index (κ3) is 1.37. The van der Waals surface area contributed by atoms with E-state index < -0.39 is 0 Å². The van der Waals surface area contributed by atoms with E-state index in [4.69, 9.17) is 2.78 Å². The van der Waals surface area contributed by atoms with E-state index in [1.807, 2.05) is 18.2 Å². The molecule has 0 atom stereocenters. The summed E-state index contributed by atoms with van der Waals surface area (Å²) in [7, 11) is 0. The predicted octanol–water partition coefficient (Wildman–Crippen LogP) is 1.58. The fraction of sp³-hybridized carbons (Fsp3) is 0.100. The lowest BCUT2D eigenvalue weighted by Gasteiger charge is -2.10. The standard InChI is InChI=1S/C10H10N2/c1-3-7-11-9(5-1)10-6-2-4-8-12-10/h1-7,12H,8H2/i4D/hD. The lowest BCUT2D eigenvalue weighted by atomic mass is 10.2. The van der Waals surface area contributed by atoms with E-state index in [9.17, 15) is 0 Å². The number of nitrogens with zero attached hydrogens (tertiary/aromatic N) is 1. The molecule has 0 amide bonds. The van der Waals surface area contributed by atoms with Crippen LogP contribution in [0, 0.1) is 0 Å². The maximum Gasteiger partial charge on any atom is 0.160 e. The van der Waals surface area contributed by atoms with Crippen LogP contribution in [-0.4, -0.2) is 11.5 Å². The van der Waals surface area contributed by atoms with Crippen LogP contribution in [0.1, 0.15) is 7.06 Å². The van der Waals surface area contributed by atoms with Gasteiger partial charge in [0.2, 0.25) is 0 Å². The minimum absolute atomic E-state index is 0.322. The summed E-state index contributed by atoms with van der Waals surface area (Å²) < 4.78 is 15.1. The molecule has 60 valence electrons. The molecule has 2 heterocycles. The van der Waals surface area contributed by atoms with Gasteiger partial charge in [-0.25, -0.2) is 0 Å². The van der Waals surface area contributed by atoms with Crippen molar-refractivity contribution in [2.24, 2.45) is 0 Å². The highest BCUT2D eigenvalue weighted by Crippen LogP contribution is 2.09. The lowest BCUT2D eigenvalue weighted by Crippen LogP contribution is -2.14. The van der Waals surface area contributed by atoms with Gasteiger partial charge in [0.05, 0.1) is 12.8 Å². The average molecular weight is 160 g/mol. The third-order valence-electron chi connectivity index (χ3n) is 1.63. The van der Waals surface area contributed by atoms with Gasteiger partial charge in [-0.15, -0.1) is 0 Å². The summed E-state index contributed by atoms with van der Waals surface area (Å²) in [5.74, 6) is 0. The van der Waals surface area contributed by atoms with E-state index in [2.05, 4.69) is 4.98 Å². The SMILES string of the molecule is [2H]C1=CC=C(c2ccccn2)N([2H])C1. The largest absolute Gasteiger partial charge is 0.380 e. The third-order valence-corrected chi connectivity index (χ3v) is 1.63. The normalized spacial score (nSPS) is 19.2. The van der Waals surface area contributed by atoms with Crippen LogP contribution in [0.2, 0.25) is 1.41 Å². The number of pyridine rings is 1. The van der Waals surface area contributed by atoms with Crippen molar-refractivity contribution < 1.29 is 2.78 Å². The Hall–Kier alpha value is -1.57. The zero-order valence-corrected chi connectivity index (χ0v) is 6.57. The number of dihydropyridines is 1. The summed E-state index contributed by atoms with van der Waals surface area (Å²) in [6.45, 7) is 0.322. The van der Waals surface area contributed by atoms with Crippen molar-refractivity contribution in [2.45, 2.75) is 0 Å². The maximum absolute atomic E-state index is 7.66. The molecule has 0 aromatic carbocycles. The van der Waals surface area contributed by atoms with Crippen LogP contribution in [-0.2, 0) is 0 Å². The van der Waals surface area contributed by atoms with E-state index >= 15 is 0 Å². The average Bonchev–Trinajstić information content (AvgIpc) is 2.19. The number of nitrogens with one attached hydrogen (secondary N) is 1. The maximum atomic E-state index is 7.66. The Bertz CT molecular complexity index is 384. The first-order valence-corrected chi connectivity index (χ1v) is 3.82. The smallest absolute Gasteiger partial charge is 0.160 e. The molecule has 1 aliphatic rings. The molecule has 2 rings (SSSR count). The topological polar surface area (TPSA) is 24.9 Å². The van der Waals surface area contributed by atoms with Crippen LogP contribution in [0.25, 0.3) is 5.70 Å². The highest BCUT2D eigenvalue weighted by molar-refractivity contribution is 5.63. The van der Waals surface area contributed by atoms with Gasteiger partial charge in [-0.3, -0.25) is 4.98 Å². The first-order valence-electron chi connectivity index (χ1n) is 4.77. The first-order chi connectivity index (χ1) is 6.77. The summed E-state index contributed by atoms with van der Waals surface area (Å²) >= 11 is 0.